The van der Waals surface area contributed by atoms with Gasteiger partial charge in [0.2, 0.25) is 5.91 Å². The zero-order valence-electron chi connectivity index (χ0n) is 14.2. The van der Waals surface area contributed by atoms with Crippen LogP contribution in [0.5, 0.6) is 0 Å². The van der Waals surface area contributed by atoms with Gasteiger partial charge in [-0.2, -0.15) is 5.10 Å². The summed E-state index contributed by atoms with van der Waals surface area (Å²) in [6.45, 7) is 1.55. The Morgan fingerprint density at radius 2 is 1.78 bits per heavy atom. The highest BCUT2D eigenvalue weighted by molar-refractivity contribution is 6.03. The smallest absolute Gasteiger partial charge is 0.275 e. The maximum Gasteiger partial charge on any atom is 0.275 e. The van der Waals surface area contributed by atoms with E-state index >= 15 is 0 Å². The second-order valence-corrected chi connectivity index (χ2v) is 5.86. The molecule has 9 heteroatoms. The molecule has 3 rings (SSSR count). The maximum atomic E-state index is 13.5. The Morgan fingerprint density at radius 3 is 2.44 bits per heavy atom. The fourth-order valence-electron chi connectivity index (χ4n) is 2.53. The van der Waals surface area contributed by atoms with Crippen LogP contribution in [0.3, 0.4) is 0 Å². The lowest BCUT2D eigenvalue weighted by Gasteiger charge is -2.08. The molecule has 3 aromatic rings. The van der Waals surface area contributed by atoms with Crippen molar-refractivity contribution in [3.8, 4) is 11.1 Å². The molecule has 2 aromatic heterocycles. The van der Waals surface area contributed by atoms with Crippen molar-refractivity contribution in [3.05, 3.63) is 65.6 Å². The Labute approximate surface area is 152 Å². The molecule has 0 aliphatic heterocycles. The van der Waals surface area contributed by atoms with Crippen molar-refractivity contribution in [3.63, 3.8) is 0 Å². The predicted molar refractivity (Wildman–Crippen MR) is 93.7 cm³/mol. The first-order chi connectivity index (χ1) is 12.8. The molecule has 0 radical (unpaired) electrons. The van der Waals surface area contributed by atoms with E-state index < -0.39 is 23.4 Å². The van der Waals surface area contributed by atoms with Gasteiger partial charge in [0.25, 0.3) is 5.91 Å². The second-order valence-electron chi connectivity index (χ2n) is 5.86. The van der Waals surface area contributed by atoms with Gasteiger partial charge in [-0.25, -0.2) is 13.8 Å². The quantitative estimate of drug-likeness (QED) is 0.718. The molecule has 0 aliphatic carbocycles. The van der Waals surface area contributed by atoms with Crippen LogP contribution in [-0.4, -0.2) is 26.6 Å². The lowest BCUT2D eigenvalue weighted by atomic mass is 10.0. The lowest BCUT2D eigenvalue weighted by molar-refractivity contribution is -0.118. The highest BCUT2D eigenvalue weighted by Gasteiger charge is 2.13. The van der Waals surface area contributed by atoms with Gasteiger partial charge in [-0.1, -0.05) is 0 Å². The summed E-state index contributed by atoms with van der Waals surface area (Å²) in [7, 11) is 0. The van der Waals surface area contributed by atoms with Crippen molar-refractivity contribution in [2.45, 2.75) is 13.5 Å². The van der Waals surface area contributed by atoms with Gasteiger partial charge >= 0.3 is 0 Å². The number of nitrogens with one attached hydrogen (secondary N) is 1. The van der Waals surface area contributed by atoms with E-state index in [2.05, 4.69) is 15.4 Å². The molecule has 1 aromatic carbocycles. The minimum Gasteiger partial charge on any atom is -0.368 e. The van der Waals surface area contributed by atoms with E-state index in [-0.39, 0.29) is 23.6 Å². The molecule has 0 bridgehead atoms. The molecule has 0 spiro atoms. The Kier molecular flexibility index (Phi) is 4.93. The Morgan fingerprint density at radius 1 is 1.11 bits per heavy atom. The Bertz CT molecular complexity index is 1010. The molecule has 0 atom stereocenters. The number of halogens is 2. The molecule has 2 heterocycles. The summed E-state index contributed by atoms with van der Waals surface area (Å²) in [5, 5.41) is 6.55. The number of nitrogens with zero attached hydrogens (tertiary/aromatic N) is 3. The number of anilines is 1. The van der Waals surface area contributed by atoms with Crippen molar-refractivity contribution >= 4 is 17.6 Å². The molecule has 2 amide bonds. The number of pyridine rings is 1. The van der Waals surface area contributed by atoms with Crippen LogP contribution in [0.15, 0.2) is 42.6 Å². The fraction of sp³-hybridized carbons (Fsp3) is 0.111. The molecule has 27 heavy (non-hydrogen) atoms. The van der Waals surface area contributed by atoms with Gasteiger partial charge < -0.3 is 11.1 Å². The van der Waals surface area contributed by atoms with Crippen molar-refractivity contribution in [2.75, 3.05) is 5.32 Å². The van der Waals surface area contributed by atoms with Crippen LogP contribution in [0.4, 0.5) is 14.6 Å². The zero-order chi connectivity index (χ0) is 19.6. The highest BCUT2D eigenvalue weighted by Crippen LogP contribution is 2.23. The van der Waals surface area contributed by atoms with E-state index in [1.54, 1.807) is 13.0 Å². The summed E-state index contributed by atoms with van der Waals surface area (Å²) in [5.74, 6) is -2.34. The van der Waals surface area contributed by atoms with Gasteiger partial charge in [-0.05, 0) is 42.3 Å². The number of nitrogens with two attached hydrogens (primary N) is 1. The van der Waals surface area contributed by atoms with Crippen molar-refractivity contribution in [2.24, 2.45) is 5.73 Å². The molecule has 0 aliphatic rings. The minimum atomic E-state index is -0.717. The summed E-state index contributed by atoms with van der Waals surface area (Å²) < 4.78 is 28.2. The van der Waals surface area contributed by atoms with E-state index in [0.29, 0.717) is 11.3 Å². The summed E-state index contributed by atoms with van der Waals surface area (Å²) in [6, 6.07) is 7.66. The summed E-state index contributed by atoms with van der Waals surface area (Å²) >= 11 is 0. The van der Waals surface area contributed by atoms with Crippen molar-refractivity contribution in [1.82, 2.24) is 14.8 Å². The average molecular weight is 371 g/mol. The Balaban J connectivity index is 1.86. The summed E-state index contributed by atoms with van der Waals surface area (Å²) in [5.41, 5.74) is 6.38. The molecule has 0 saturated heterocycles. The second kappa shape index (κ2) is 7.32. The number of rotatable bonds is 5. The van der Waals surface area contributed by atoms with E-state index in [0.717, 1.165) is 6.07 Å². The topological polar surface area (TPSA) is 103 Å². The first-order valence-electron chi connectivity index (χ1n) is 7.88. The van der Waals surface area contributed by atoms with Crippen LogP contribution in [-0.2, 0) is 11.3 Å². The first kappa shape index (κ1) is 18.2. The van der Waals surface area contributed by atoms with Crippen LogP contribution in [0.25, 0.3) is 11.1 Å². The number of primary amides is 1. The lowest BCUT2D eigenvalue weighted by Crippen LogP contribution is -2.19. The predicted octanol–water partition coefficient (Wildman–Crippen LogP) is 2.27. The van der Waals surface area contributed by atoms with Crippen molar-refractivity contribution < 1.29 is 18.4 Å². The number of hydrogen-bond donors (Lipinski definition) is 2. The average Bonchev–Trinajstić information content (AvgIpc) is 2.99. The van der Waals surface area contributed by atoms with Gasteiger partial charge in [0.1, 0.15) is 23.9 Å². The van der Waals surface area contributed by atoms with E-state index in [4.69, 9.17) is 5.73 Å². The maximum absolute atomic E-state index is 13.5. The number of carbonyl (C=O) groups is 2. The molecular formula is C18H15F2N5O2. The molecule has 3 N–H and O–H groups in total. The zero-order valence-corrected chi connectivity index (χ0v) is 14.2. The van der Waals surface area contributed by atoms with Crippen LogP contribution < -0.4 is 11.1 Å². The fourth-order valence-corrected chi connectivity index (χ4v) is 2.53. The SMILES string of the molecule is Cc1cc(-c2cc(F)cc(F)c2)cc(C(=O)Nc2ccn(CC(N)=O)n2)n1. The molecule has 138 valence electrons. The van der Waals surface area contributed by atoms with E-state index in [1.165, 1.54) is 35.1 Å². The summed E-state index contributed by atoms with van der Waals surface area (Å²) in [4.78, 5) is 27.5. The first-order valence-corrected chi connectivity index (χ1v) is 7.88. The van der Waals surface area contributed by atoms with Crippen LogP contribution in [0, 0.1) is 18.6 Å². The monoisotopic (exact) mass is 371 g/mol. The number of carbonyl (C=O) groups excluding carboxylic acids is 2. The standard InChI is InChI=1S/C18H15F2N5O2/c1-10-4-11(12-5-13(19)8-14(20)6-12)7-15(22-10)18(27)23-17-2-3-25(24-17)9-16(21)26/h2-8H,9H2,1H3,(H2,21,26)(H,23,24,27). The van der Waals surface area contributed by atoms with Gasteiger partial charge in [0, 0.05) is 24.0 Å². The minimum absolute atomic E-state index is 0.0547. The normalized spacial score (nSPS) is 10.6. The van der Waals surface area contributed by atoms with Gasteiger partial charge in [-0.15, -0.1) is 0 Å². The number of amides is 2. The van der Waals surface area contributed by atoms with Gasteiger partial charge in [0.05, 0.1) is 0 Å². The molecule has 7 nitrogen and oxygen atoms in total. The third-order valence-corrected chi connectivity index (χ3v) is 3.58. The number of aromatic nitrogens is 3. The molecule has 0 fully saturated rings. The third kappa shape index (κ3) is 4.51. The summed E-state index contributed by atoms with van der Waals surface area (Å²) in [6.07, 6.45) is 1.49. The third-order valence-electron chi connectivity index (χ3n) is 3.58. The highest BCUT2D eigenvalue weighted by atomic mass is 19.1. The van der Waals surface area contributed by atoms with E-state index in [1.807, 2.05) is 0 Å². The number of benzene rings is 1. The van der Waals surface area contributed by atoms with Crippen LogP contribution in [0.1, 0.15) is 16.2 Å². The van der Waals surface area contributed by atoms with Gasteiger partial charge in [-0.3, -0.25) is 14.3 Å². The van der Waals surface area contributed by atoms with Crippen molar-refractivity contribution in [1.29, 1.82) is 0 Å². The Hall–Kier alpha value is -3.62. The van der Waals surface area contributed by atoms with E-state index in [9.17, 15) is 18.4 Å². The van der Waals surface area contributed by atoms with Crippen LogP contribution in [0.2, 0.25) is 0 Å². The molecule has 0 saturated carbocycles. The number of aryl methyl sites for hydroxylation is 1. The molecule has 0 unspecified atom stereocenters. The molecular weight excluding hydrogens is 356 g/mol. The largest absolute Gasteiger partial charge is 0.368 e. The van der Waals surface area contributed by atoms with Crippen LogP contribution >= 0.6 is 0 Å². The number of hydrogen-bond acceptors (Lipinski definition) is 4. The van der Waals surface area contributed by atoms with Gasteiger partial charge in [0.15, 0.2) is 5.82 Å².